The summed E-state index contributed by atoms with van der Waals surface area (Å²) in [4.78, 5) is 0. The molecule has 112 valence electrons. The monoisotopic (exact) mass is 347 g/mol. The molecule has 0 aliphatic carbocycles. The Labute approximate surface area is 135 Å². The molecule has 0 amide bonds. The van der Waals surface area contributed by atoms with Crippen molar-refractivity contribution in [3.63, 3.8) is 0 Å². The molecule has 2 aromatic carbocycles. The minimum atomic E-state index is -0.130. The van der Waals surface area contributed by atoms with Crippen LogP contribution in [-0.2, 0) is 0 Å². The first-order chi connectivity index (χ1) is 10.0. The molecule has 0 aromatic heterocycles. The molecule has 0 fully saturated rings. The predicted octanol–water partition coefficient (Wildman–Crippen LogP) is 4.92. The Hall–Kier alpha value is -1.32. The molecule has 0 radical (unpaired) electrons. The van der Waals surface area contributed by atoms with Gasteiger partial charge in [-0.3, -0.25) is 0 Å². The Balaban J connectivity index is 2.33. The molecule has 0 saturated heterocycles. The van der Waals surface area contributed by atoms with Crippen LogP contribution in [-0.4, -0.2) is 6.04 Å². The van der Waals surface area contributed by atoms with Gasteiger partial charge in [0.2, 0.25) is 0 Å². The van der Waals surface area contributed by atoms with Crippen LogP contribution in [0.15, 0.2) is 46.9 Å². The smallest absolute Gasteiger partial charge is 0.139 e. The molecule has 3 heteroatoms. The maximum Gasteiger partial charge on any atom is 0.139 e. The zero-order valence-corrected chi connectivity index (χ0v) is 14.4. The fourth-order valence-electron chi connectivity index (χ4n) is 2.35. The van der Waals surface area contributed by atoms with Gasteiger partial charge in [0.25, 0.3) is 0 Å². The van der Waals surface area contributed by atoms with Crippen LogP contribution in [0.5, 0.6) is 5.75 Å². The van der Waals surface area contributed by atoms with Crippen LogP contribution in [0.25, 0.3) is 0 Å². The van der Waals surface area contributed by atoms with Crippen molar-refractivity contribution in [2.45, 2.75) is 39.3 Å². The lowest BCUT2D eigenvalue weighted by molar-refractivity contribution is 0.170. The lowest BCUT2D eigenvalue weighted by Gasteiger charge is -2.26. The van der Waals surface area contributed by atoms with Gasteiger partial charge in [0.15, 0.2) is 0 Å². The van der Waals surface area contributed by atoms with Gasteiger partial charge in [-0.25, -0.2) is 0 Å². The zero-order chi connectivity index (χ0) is 15.4. The third-order valence-electron chi connectivity index (χ3n) is 3.62. The van der Waals surface area contributed by atoms with Gasteiger partial charge in [-0.05, 0) is 49.6 Å². The average molecular weight is 348 g/mol. The van der Waals surface area contributed by atoms with Gasteiger partial charge < -0.3 is 10.5 Å². The third kappa shape index (κ3) is 4.08. The molecular formula is C18H22BrNO. The van der Waals surface area contributed by atoms with Crippen molar-refractivity contribution in [2.24, 2.45) is 5.73 Å². The largest absolute Gasteiger partial charge is 0.484 e. The summed E-state index contributed by atoms with van der Waals surface area (Å²) in [5, 5.41) is 0. The van der Waals surface area contributed by atoms with Crippen molar-refractivity contribution < 1.29 is 4.74 Å². The second-order valence-electron chi connectivity index (χ2n) is 5.43. The van der Waals surface area contributed by atoms with Gasteiger partial charge in [0, 0.05) is 10.5 Å². The normalized spacial score (nSPS) is 13.8. The maximum atomic E-state index is 6.29. The lowest BCUT2D eigenvalue weighted by atomic mass is 9.99. The summed E-state index contributed by atoms with van der Waals surface area (Å²) in [5.41, 5.74) is 9.75. The Morgan fingerprint density at radius 3 is 2.52 bits per heavy atom. The van der Waals surface area contributed by atoms with Crippen LogP contribution in [0.4, 0.5) is 0 Å². The molecule has 2 atom stereocenters. The summed E-state index contributed by atoms with van der Waals surface area (Å²) in [5.74, 6) is 0.883. The van der Waals surface area contributed by atoms with E-state index in [2.05, 4.69) is 60.1 Å². The van der Waals surface area contributed by atoms with Gasteiger partial charge in [-0.2, -0.15) is 0 Å². The summed E-state index contributed by atoms with van der Waals surface area (Å²) in [6.07, 6.45) is 0.739. The van der Waals surface area contributed by atoms with Crippen LogP contribution >= 0.6 is 15.9 Å². The first-order valence-corrected chi connectivity index (χ1v) is 8.05. The minimum absolute atomic E-state index is 0.0325. The molecule has 21 heavy (non-hydrogen) atoms. The van der Waals surface area contributed by atoms with E-state index in [1.807, 2.05) is 19.1 Å². The van der Waals surface area contributed by atoms with Crippen molar-refractivity contribution in [3.05, 3.63) is 63.6 Å². The van der Waals surface area contributed by atoms with Crippen LogP contribution in [0, 0.1) is 13.8 Å². The summed E-state index contributed by atoms with van der Waals surface area (Å²) >= 11 is 3.48. The number of benzene rings is 2. The molecule has 2 aromatic rings. The van der Waals surface area contributed by atoms with E-state index >= 15 is 0 Å². The predicted molar refractivity (Wildman–Crippen MR) is 91.7 cm³/mol. The molecular weight excluding hydrogens is 326 g/mol. The van der Waals surface area contributed by atoms with Crippen LogP contribution in [0.2, 0.25) is 0 Å². The van der Waals surface area contributed by atoms with Gasteiger partial charge in [-0.15, -0.1) is 0 Å². The van der Waals surface area contributed by atoms with Gasteiger partial charge in [-0.1, -0.05) is 52.7 Å². The summed E-state index contributed by atoms with van der Waals surface area (Å²) < 4.78 is 7.30. The van der Waals surface area contributed by atoms with Crippen LogP contribution < -0.4 is 10.5 Å². The Morgan fingerprint density at radius 1 is 1.14 bits per heavy atom. The molecule has 0 aliphatic rings. The van der Waals surface area contributed by atoms with Crippen molar-refractivity contribution >= 4 is 15.9 Å². The molecule has 2 rings (SSSR count). The lowest BCUT2D eigenvalue weighted by Crippen LogP contribution is -2.31. The highest BCUT2D eigenvalue weighted by Gasteiger charge is 2.21. The molecule has 0 heterocycles. The number of aryl methyl sites for hydroxylation is 2. The quantitative estimate of drug-likeness (QED) is 0.832. The topological polar surface area (TPSA) is 35.2 Å². The van der Waals surface area contributed by atoms with Crippen molar-refractivity contribution in [3.8, 4) is 5.75 Å². The Kier molecular flexibility index (Phi) is 5.43. The van der Waals surface area contributed by atoms with E-state index in [-0.39, 0.29) is 12.1 Å². The van der Waals surface area contributed by atoms with Crippen molar-refractivity contribution in [2.75, 3.05) is 0 Å². The van der Waals surface area contributed by atoms with Crippen LogP contribution in [0.1, 0.15) is 36.1 Å². The summed E-state index contributed by atoms with van der Waals surface area (Å²) in [6.45, 7) is 6.22. The highest BCUT2D eigenvalue weighted by molar-refractivity contribution is 9.10. The first kappa shape index (κ1) is 16.1. The van der Waals surface area contributed by atoms with Crippen molar-refractivity contribution in [1.82, 2.24) is 0 Å². The standard InChI is InChI=1S/C18H22BrNO/c1-4-16(20)18(14-7-5-6-12(2)10-14)21-17-9-8-15(19)11-13(17)3/h5-11,16,18H,4,20H2,1-3H3. The maximum absolute atomic E-state index is 6.29. The summed E-state index contributed by atoms with van der Waals surface area (Å²) in [6, 6.07) is 14.4. The summed E-state index contributed by atoms with van der Waals surface area (Å²) in [7, 11) is 0. The van der Waals surface area contributed by atoms with E-state index in [0.29, 0.717) is 0 Å². The minimum Gasteiger partial charge on any atom is -0.484 e. The zero-order valence-electron chi connectivity index (χ0n) is 12.8. The highest BCUT2D eigenvalue weighted by atomic mass is 79.9. The molecule has 0 saturated carbocycles. The fraction of sp³-hybridized carbons (Fsp3) is 0.333. The van der Waals surface area contributed by atoms with Crippen molar-refractivity contribution in [1.29, 1.82) is 0 Å². The van der Waals surface area contributed by atoms with E-state index in [1.165, 1.54) is 5.56 Å². The highest BCUT2D eigenvalue weighted by Crippen LogP contribution is 2.29. The van der Waals surface area contributed by atoms with Gasteiger partial charge in [0.05, 0.1) is 0 Å². The number of halogens is 1. The molecule has 0 bridgehead atoms. The van der Waals surface area contributed by atoms with Gasteiger partial charge in [0.1, 0.15) is 11.9 Å². The SMILES string of the molecule is CCC(N)C(Oc1ccc(Br)cc1C)c1cccc(C)c1. The number of hydrogen-bond acceptors (Lipinski definition) is 2. The van der Waals surface area contributed by atoms with Crippen LogP contribution in [0.3, 0.4) is 0 Å². The number of ether oxygens (including phenoxy) is 1. The van der Waals surface area contributed by atoms with E-state index in [0.717, 1.165) is 27.8 Å². The second kappa shape index (κ2) is 7.10. The third-order valence-corrected chi connectivity index (χ3v) is 4.12. The second-order valence-corrected chi connectivity index (χ2v) is 6.35. The Morgan fingerprint density at radius 2 is 1.90 bits per heavy atom. The molecule has 0 aliphatic heterocycles. The first-order valence-electron chi connectivity index (χ1n) is 7.26. The fourth-order valence-corrected chi connectivity index (χ4v) is 2.82. The van der Waals surface area contributed by atoms with E-state index < -0.39 is 0 Å². The number of nitrogens with two attached hydrogens (primary N) is 1. The Bertz CT molecular complexity index is 612. The number of hydrogen-bond donors (Lipinski definition) is 1. The van der Waals surface area contributed by atoms with Gasteiger partial charge >= 0.3 is 0 Å². The molecule has 2 nitrogen and oxygen atoms in total. The average Bonchev–Trinajstić information content (AvgIpc) is 2.45. The van der Waals surface area contributed by atoms with E-state index in [1.54, 1.807) is 0 Å². The molecule has 2 N–H and O–H groups in total. The number of rotatable bonds is 5. The molecule has 0 spiro atoms. The molecule has 2 unspecified atom stereocenters. The van der Waals surface area contributed by atoms with E-state index in [9.17, 15) is 0 Å². The van der Waals surface area contributed by atoms with E-state index in [4.69, 9.17) is 10.5 Å².